The molecule has 1 atom stereocenters. The van der Waals surface area contributed by atoms with Gasteiger partial charge in [-0.2, -0.15) is 18.3 Å². The minimum atomic E-state index is -4.81. The molecule has 0 aliphatic carbocycles. The number of aromatic hydroxyl groups is 1. The lowest BCUT2D eigenvalue weighted by Crippen LogP contribution is -2.29. The summed E-state index contributed by atoms with van der Waals surface area (Å²) in [5.74, 6) is -0.937. The van der Waals surface area contributed by atoms with E-state index in [-0.39, 0.29) is 11.4 Å². The van der Waals surface area contributed by atoms with Gasteiger partial charge < -0.3 is 10.4 Å². The summed E-state index contributed by atoms with van der Waals surface area (Å²) in [4.78, 5) is 12.5. The van der Waals surface area contributed by atoms with Crippen molar-refractivity contribution in [3.63, 3.8) is 0 Å². The van der Waals surface area contributed by atoms with E-state index in [9.17, 15) is 23.1 Å². The van der Waals surface area contributed by atoms with Crippen LogP contribution in [0.2, 0.25) is 5.02 Å². The molecule has 2 aromatic carbocycles. The lowest BCUT2D eigenvalue weighted by atomic mass is 10.1. The quantitative estimate of drug-likeness (QED) is 0.654. The van der Waals surface area contributed by atoms with Gasteiger partial charge in [-0.15, -0.1) is 0 Å². The first kappa shape index (κ1) is 19.8. The summed E-state index contributed by atoms with van der Waals surface area (Å²) in [7, 11) is 0. The molecule has 3 rings (SSSR count). The maximum absolute atomic E-state index is 13.7. The molecule has 1 aromatic heterocycles. The van der Waals surface area contributed by atoms with Crippen LogP contribution in [0.3, 0.4) is 0 Å². The van der Waals surface area contributed by atoms with Gasteiger partial charge >= 0.3 is 6.18 Å². The molecule has 28 heavy (non-hydrogen) atoms. The van der Waals surface area contributed by atoms with E-state index in [0.717, 1.165) is 6.20 Å². The highest BCUT2D eigenvalue weighted by atomic mass is 35.5. The molecule has 0 saturated carbocycles. The molecule has 0 aliphatic heterocycles. The number of rotatable bonds is 4. The Balaban J connectivity index is 1.95. The molecule has 2 N–H and O–H groups in total. The molecule has 1 unspecified atom stereocenters. The predicted molar refractivity (Wildman–Crippen MR) is 97.6 cm³/mol. The van der Waals surface area contributed by atoms with Gasteiger partial charge in [0.05, 0.1) is 23.5 Å². The molecule has 0 aliphatic rings. The lowest BCUT2D eigenvalue weighted by Gasteiger charge is -2.16. The first-order valence-electron chi connectivity index (χ1n) is 8.18. The van der Waals surface area contributed by atoms with Gasteiger partial charge in [0.2, 0.25) is 0 Å². The Morgan fingerprint density at radius 2 is 1.89 bits per heavy atom. The number of hydrogen-bond donors (Lipinski definition) is 2. The minimum absolute atomic E-state index is 0.00913. The van der Waals surface area contributed by atoms with Crippen molar-refractivity contribution < 1.29 is 23.1 Å². The zero-order chi connectivity index (χ0) is 20.5. The maximum Gasteiger partial charge on any atom is 0.434 e. The number of benzene rings is 2. The first-order chi connectivity index (χ1) is 13.2. The Kier molecular flexibility index (Phi) is 5.33. The average molecular weight is 410 g/mol. The second-order valence-corrected chi connectivity index (χ2v) is 6.52. The topological polar surface area (TPSA) is 67.2 Å². The van der Waals surface area contributed by atoms with E-state index in [1.807, 2.05) is 0 Å². The minimum Gasteiger partial charge on any atom is -0.508 e. The monoisotopic (exact) mass is 409 g/mol. The van der Waals surface area contributed by atoms with Gasteiger partial charge in [0.25, 0.3) is 5.91 Å². The van der Waals surface area contributed by atoms with Gasteiger partial charge in [-0.1, -0.05) is 23.7 Å². The lowest BCUT2D eigenvalue weighted by molar-refractivity contribution is -0.143. The van der Waals surface area contributed by atoms with E-state index in [4.69, 9.17) is 11.6 Å². The van der Waals surface area contributed by atoms with Gasteiger partial charge in [-0.3, -0.25) is 4.79 Å². The van der Waals surface area contributed by atoms with Gasteiger partial charge in [-0.05, 0) is 48.9 Å². The SMILES string of the molecule is CC(NC(=O)c1cnn(-c2ccc(Cl)cc2)c1C(F)(F)F)c1cccc(O)c1. The van der Waals surface area contributed by atoms with E-state index in [1.165, 1.54) is 36.4 Å². The van der Waals surface area contributed by atoms with Gasteiger partial charge in [0, 0.05) is 5.02 Å². The van der Waals surface area contributed by atoms with Crippen molar-refractivity contribution in [1.29, 1.82) is 0 Å². The van der Waals surface area contributed by atoms with Crippen molar-refractivity contribution in [3.8, 4) is 11.4 Å². The zero-order valence-corrected chi connectivity index (χ0v) is 15.3. The van der Waals surface area contributed by atoms with Crippen molar-refractivity contribution >= 4 is 17.5 Å². The molecule has 0 fully saturated rings. The van der Waals surface area contributed by atoms with E-state index >= 15 is 0 Å². The predicted octanol–water partition coefficient (Wildman–Crippen LogP) is 4.74. The van der Waals surface area contributed by atoms with Gasteiger partial charge in [-0.25, -0.2) is 4.68 Å². The van der Waals surface area contributed by atoms with Gasteiger partial charge in [0.1, 0.15) is 5.75 Å². The molecular weight excluding hydrogens is 395 g/mol. The summed E-state index contributed by atoms with van der Waals surface area (Å²) in [5.41, 5.74) is -1.12. The van der Waals surface area contributed by atoms with E-state index in [2.05, 4.69) is 10.4 Å². The summed E-state index contributed by atoms with van der Waals surface area (Å²) in [6.07, 6.45) is -3.93. The van der Waals surface area contributed by atoms with Crippen LogP contribution >= 0.6 is 11.6 Å². The van der Waals surface area contributed by atoms with Crippen LogP contribution < -0.4 is 5.32 Å². The van der Waals surface area contributed by atoms with Crippen molar-refractivity contribution in [3.05, 3.63) is 76.6 Å². The van der Waals surface area contributed by atoms with Crippen LogP contribution in [0.1, 0.15) is 34.6 Å². The van der Waals surface area contributed by atoms with Gasteiger partial charge in [0.15, 0.2) is 5.69 Å². The number of phenols is 1. The van der Waals surface area contributed by atoms with Crippen LogP contribution in [0.4, 0.5) is 13.2 Å². The van der Waals surface area contributed by atoms with Crippen LogP contribution in [0.25, 0.3) is 5.69 Å². The molecule has 0 saturated heterocycles. The Morgan fingerprint density at radius 3 is 2.50 bits per heavy atom. The number of carbonyl (C=O) groups excluding carboxylic acids is 1. The molecular formula is C19H15ClF3N3O2. The largest absolute Gasteiger partial charge is 0.508 e. The third-order valence-corrected chi connectivity index (χ3v) is 4.32. The van der Waals surface area contributed by atoms with E-state index in [1.54, 1.807) is 19.1 Å². The summed E-state index contributed by atoms with van der Waals surface area (Å²) < 4.78 is 41.7. The van der Waals surface area contributed by atoms with E-state index in [0.29, 0.717) is 15.3 Å². The maximum atomic E-state index is 13.7. The number of amides is 1. The van der Waals surface area contributed by atoms with Crippen LogP contribution in [0, 0.1) is 0 Å². The molecule has 1 amide bonds. The van der Waals surface area contributed by atoms with Crippen molar-refractivity contribution in [2.45, 2.75) is 19.1 Å². The number of alkyl halides is 3. The van der Waals surface area contributed by atoms with Crippen molar-refractivity contribution in [2.75, 3.05) is 0 Å². The Hall–Kier alpha value is -3.00. The highest BCUT2D eigenvalue weighted by Crippen LogP contribution is 2.34. The second-order valence-electron chi connectivity index (χ2n) is 6.08. The van der Waals surface area contributed by atoms with Crippen LogP contribution in [-0.4, -0.2) is 20.8 Å². The highest BCUT2D eigenvalue weighted by Gasteiger charge is 2.40. The third-order valence-electron chi connectivity index (χ3n) is 4.07. The van der Waals surface area contributed by atoms with Crippen LogP contribution in [-0.2, 0) is 6.18 Å². The molecule has 0 bridgehead atoms. The molecule has 9 heteroatoms. The Labute approximate surface area is 163 Å². The fourth-order valence-electron chi connectivity index (χ4n) is 2.72. The van der Waals surface area contributed by atoms with Crippen molar-refractivity contribution in [2.24, 2.45) is 0 Å². The summed E-state index contributed by atoms with van der Waals surface area (Å²) in [5, 5.41) is 16.1. The number of hydrogen-bond acceptors (Lipinski definition) is 3. The number of nitrogens with one attached hydrogen (secondary N) is 1. The summed E-state index contributed by atoms with van der Waals surface area (Å²) in [6, 6.07) is 11.1. The number of carbonyl (C=O) groups is 1. The number of aromatic nitrogens is 2. The van der Waals surface area contributed by atoms with Crippen LogP contribution in [0.15, 0.2) is 54.7 Å². The van der Waals surface area contributed by atoms with E-state index < -0.39 is 29.4 Å². The highest BCUT2D eigenvalue weighted by molar-refractivity contribution is 6.30. The third kappa shape index (κ3) is 4.12. The zero-order valence-electron chi connectivity index (χ0n) is 14.5. The number of phenolic OH excluding ortho intramolecular Hbond substituents is 1. The Morgan fingerprint density at radius 1 is 1.21 bits per heavy atom. The van der Waals surface area contributed by atoms with Crippen LogP contribution in [0.5, 0.6) is 5.75 Å². The fraction of sp³-hybridized carbons (Fsp3) is 0.158. The summed E-state index contributed by atoms with van der Waals surface area (Å²) >= 11 is 5.78. The molecule has 1 heterocycles. The molecule has 146 valence electrons. The second kappa shape index (κ2) is 7.55. The smallest absolute Gasteiger partial charge is 0.434 e. The summed E-state index contributed by atoms with van der Waals surface area (Å²) in [6.45, 7) is 1.60. The first-order valence-corrected chi connectivity index (χ1v) is 8.55. The normalized spacial score (nSPS) is 12.6. The van der Waals surface area contributed by atoms with Crippen molar-refractivity contribution in [1.82, 2.24) is 15.1 Å². The number of halogens is 4. The standard InChI is InChI=1S/C19H15ClF3N3O2/c1-11(12-3-2-4-15(27)9-12)25-18(28)16-10-24-26(17(16)19(21,22)23)14-7-5-13(20)6-8-14/h2-11,27H,1H3,(H,25,28). The molecule has 3 aromatic rings. The Bertz CT molecular complexity index is 1000. The average Bonchev–Trinajstić information content (AvgIpc) is 3.08. The molecule has 0 spiro atoms. The number of nitrogens with zero attached hydrogens (tertiary/aromatic N) is 2. The fourth-order valence-corrected chi connectivity index (χ4v) is 2.84. The molecule has 5 nitrogen and oxygen atoms in total. The molecule has 0 radical (unpaired) electrons.